The quantitative estimate of drug-likeness (QED) is 0.797. The Bertz CT molecular complexity index is 799. The molecule has 0 bridgehead atoms. The van der Waals surface area contributed by atoms with E-state index in [0.717, 1.165) is 5.56 Å². The van der Waals surface area contributed by atoms with Crippen LogP contribution < -0.4 is 5.32 Å². The van der Waals surface area contributed by atoms with Crippen molar-refractivity contribution >= 4 is 11.9 Å². The molecular formula is C16H16N4O3. The lowest BCUT2D eigenvalue weighted by atomic mass is 9.87. The fraction of sp³-hybridized carbons (Fsp3) is 0.250. The fourth-order valence-corrected chi connectivity index (χ4v) is 1.99. The average Bonchev–Trinajstić information content (AvgIpc) is 3.17. The minimum absolute atomic E-state index is 0.00120. The van der Waals surface area contributed by atoms with E-state index in [0.29, 0.717) is 11.3 Å². The van der Waals surface area contributed by atoms with E-state index in [1.807, 2.05) is 12.1 Å². The summed E-state index contributed by atoms with van der Waals surface area (Å²) < 4.78 is 10.2. The predicted molar refractivity (Wildman–Crippen MR) is 82.9 cm³/mol. The van der Waals surface area contributed by atoms with E-state index in [-0.39, 0.29) is 23.2 Å². The number of hydrogen-bond acceptors (Lipinski definition) is 6. The number of hydrogen-bond donors (Lipinski definition) is 1. The number of nitrogens with one attached hydrogen (secondary N) is 1. The van der Waals surface area contributed by atoms with Gasteiger partial charge in [0.15, 0.2) is 0 Å². The summed E-state index contributed by atoms with van der Waals surface area (Å²) in [5, 5.41) is 13.7. The van der Waals surface area contributed by atoms with Crippen molar-refractivity contribution in [1.29, 1.82) is 0 Å². The molecule has 0 aliphatic carbocycles. The molecule has 0 atom stereocenters. The molecule has 2 heterocycles. The Balaban J connectivity index is 1.72. The van der Waals surface area contributed by atoms with Gasteiger partial charge >= 0.3 is 6.01 Å². The number of carbonyl (C=O) groups excluding carboxylic acids is 1. The first-order valence-corrected chi connectivity index (χ1v) is 7.10. The standard InChI is InChI=1S/C16H16N4O3/c1-16(2,3)11-6-4-10(5-7-11)13(21)18-15-20-19-14(22-15)12-8-9-17-23-12/h4-9H,1-3H3,(H,18,20,21). The molecule has 118 valence electrons. The topological polar surface area (TPSA) is 94.1 Å². The van der Waals surface area contributed by atoms with Gasteiger partial charge in [-0.15, -0.1) is 5.10 Å². The molecular weight excluding hydrogens is 296 g/mol. The highest BCUT2D eigenvalue weighted by Crippen LogP contribution is 2.23. The normalized spacial score (nSPS) is 11.4. The van der Waals surface area contributed by atoms with Crippen LogP contribution in [-0.4, -0.2) is 21.3 Å². The first-order valence-electron chi connectivity index (χ1n) is 7.10. The van der Waals surface area contributed by atoms with Crippen LogP contribution in [0.4, 0.5) is 6.01 Å². The van der Waals surface area contributed by atoms with Crippen LogP contribution in [0, 0.1) is 0 Å². The van der Waals surface area contributed by atoms with Gasteiger partial charge in [-0.1, -0.05) is 43.2 Å². The van der Waals surface area contributed by atoms with Crippen LogP contribution in [0.1, 0.15) is 36.7 Å². The van der Waals surface area contributed by atoms with E-state index in [9.17, 15) is 4.79 Å². The van der Waals surface area contributed by atoms with Gasteiger partial charge in [0.25, 0.3) is 11.8 Å². The highest BCUT2D eigenvalue weighted by molar-refractivity contribution is 6.03. The monoisotopic (exact) mass is 312 g/mol. The summed E-state index contributed by atoms with van der Waals surface area (Å²) in [7, 11) is 0. The Morgan fingerprint density at radius 2 is 1.83 bits per heavy atom. The molecule has 0 saturated carbocycles. The zero-order valence-corrected chi connectivity index (χ0v) is 13.0. The van der Waals surface area contributed by atoms with E-state index in [2.05, 4.69) is 41.4 Å². The number of benzene rings is 1. The zero-order chi connectivity index (χ0) is 16.4. The molecule has 0 unspecified atom stereocenters. The maximum absolute atomic E-state index is 12.2. The van der Waals surface area contributed by atoms with Crippen molar-refractivity contribution in [2.45, 2.75) is 26.2 Å². The van der Waals surface area contributed by atoms with Crippen molar-refractivity contribution in [3.63, 3.8) is 0 Å². The minimum atomic E-state index is -0.321. The molecule has 23 heavy (non-hydrogen) atoms. The molecule has 1 N–H and O–H groups in total. The van der Waals surface area contributed by atoms with E-state index in [1.54, 1.807) is 18.2 Å². The predicted octanol–water partition coefficient (Wildman–Crippen LogP) is 3.27. The lowest BCUT2D eigenvalue weighted by Crippen LogP contribution is -2.14. The third-order valence-electron chi connectivity index (χ3n) is 3.31. The molecule has 0 aliphatic heterocycles. The third kappa shape index (κ3) is 3.28. The molecule has 0 aliphatic rings. The average molecular weight is 312 g/mol. The lowest BCUT2D eigenvalue weighted by Gasteiger charge is -2.18. The van der Waals surface area contributed by atoms with Crippen LogP contribution in [0.2, 0.25) is 0 Å². The second-order valence-corrected chi connectivity index (χ2v) is 6.07. The first-order chi connectivity index (χ1) is 10.9. The Hall–Kier alpha value is -2.96. The Morgan fingerprint density at radius 1 is 1.09 bits per heavy atom. The van der Waals surface area contributed by atoms with Crippen molar-refractivity contribution in [2.24, 2.45) is 0 Å². The minimum Gasteiger partial charge on any atom is -0.400 e. The van der Waals surface area contributed by atoms with Gasteiger partial charge in [0.2, 0.25) is 5.76 Å². The van der Waals surface area contributed by atoms with E-state index in [1.165, 1.54) is 6.20 Å². The Labute approximate surface area is 132 Å². The number of aromatic nitrogens is 3. The van der Waals surface area contributed by atoms with Crippen molar-refractivity contribution in [2.75, 3.05) is 5.32 Å². The van der Waals surface area contributed by atoms with Gasteiger partial charge in [0.1, 0.15) is 0 Å². The van der Waals surface area contributed by atoms with Crippen molar-refractivity contribution in [1.82, 2.24) is 15.4 Å². The largest absolute Gasteiger partial charge is 0.400 e. The Morgan fingerprint density at radius 3 is 2.43 bits per heavy atom. The maximum Gasteiger partial charge on any atom is 0.322 e. The van der Waals surface area contributed by atoms with Gasteiger partial charge < -0.3 is 8.94 Å². The summed E-state index contributed by atoms with van der Waals surface area (Å²) in [6, 6.07) is 8.99. The molecule has 0 saturated heterocycles. The second-order valence-electron chi connectivity index (χ2n) is 6.07. The molecule has 2 aromatic heterocycles. The molecule has 7 heteroatoms. The van der Waals surface area contributed by atoms with E-state index >= 15 is 0 Å². The number of carbonyl (C=O) groups is 1. The number of nitrogens with zero attached hydrogens (tertiary/aromatic N) is 3. The van der Waals surface area contributed by atoms with Crippen LogP contribution in [-0.2, 0) is 5.41 Å². The first kappa shape index (κ1) is 15.0. The molecule has 3 aromatic rings. The fourth-order valence-electron chi connectivity index (χ4n) is 1.99. The molecule has 1 aromatic carbocycles. The summed E-state index contributed by atoms with van der Waals surface area (Å²) in [6.07, 6.45) is 1.47. The van der Waals surface area contributed by atoms with Gasteiger partial charge in [0.05, 0.1) is 6.20 Å². The summed E-state index contributed by atoms with van der Waals surface area (Å²) in [4.78, 5) is 12.2. The summed E-state index contributed by atoms with van der Waals surface area (Å²) in [6.45, 7) is 6.35. The summed E-state index contributed by atoms with van der Waals surface area (Å²) in [5.74, 6) is 0.173. The third-order valence-corrected chi connectivity index (χ3v) is 3.31. The molecule has 7 nitrogen and oxygen atoms in total. The van der Waals surface area contributed by atoms with Gasteiger partial charge in [-0.25, -0.2) is 0 Å². The van der Waals surface area contributed by atoms with Crippen LogP contribution in [0.5, 0.6) is 0 Å². The molecule has 0 fully saturated rings. The smallest absolute Gasteiger partial charge is 0.322 e. The number of rotatable bonds is 3. The van der Waals surface area contributed by atoms with Crippen molar-refractivity contribution in [3.05, 3.63) is 47.7 Å². The molecule has 1 amide bonds. The van der Waals surface area contributed by atoms with Gasteiger partial charge in [-0.3, -0.25) is 10.1 Å². The molecule has 0 radical (unpaired) electrons. The van der Waals surface area contributed by atoms with Crippen molar-refractivity contribution < 1.29 is 13.7 Å². The van der Waals surface area contributed by atoms with Crippen LogP contribution in [0.15, 0.2) is 45.5 Å². The summed E-state index contributed by atoms with van der Waals surface area (Å²) >= 11 is 0. The molecule has 0 spiro atoms. The van der Waals surface area contributed by atoms with Gasteiger partial charge in [-0.2, -0.15) is 0 Å². The lowest BCUT2D eigenvalue weighted by molar-refractivity contribution is 0.102. The SMILES string of the molecule is CC(C)(C)c1ccc(C(=O)Nc2nnc(-c3ccno3)o2)cc1. The van der Waals surface area contributed by atoms with E-state index in [4.69, 9.17) is 8.94 Å². The van der Waals surface area contributed by atoms with Crippen molar-refractivity contribution in [3.8, 4) is 11.7 Å². The summed E-state index contributed by atoms with van der Waals surface area (Å²) in [5.41, 5.74) is 1.70. The van der Waals surface area contributed by atoms with Gasteiger partial charge in [-0.05, 0) is 23.1 Å². The number of amides is 1. The van der Waals surface area contributed by atoms with Gasteiger partial charge in [0, 0.05) is 11.6 Å². The highest BCUT2D eigenvalue weighted by atomic mass is 16.5. The molecule has 3 rings (SSSR count). The zero-order valence-electron chi connectivity index (χ0n) is 13.0. The number of anilines is 1. The highest BCUT2D eigenvalue weighted by Gasteiger charge is 2.16. The van der Waals surface area contributed by atoms with Crippen LogP contribution in [0.25, 0.3) is 11.7 Å². The second kappa shape index (κ2) is 5.68. The van der Waals surface area contributed by atoms with Crippen LogP contribution in [0.3, 0.4) is 0 Å². The Kier molecular flexibility index (Phi) is 3.69. The van der Waals surface area contributed by atoms with Crippen LogP contribution >= 0.6 is 0 Å². The maximum atomic E-state index is 12.2. The van der Waals surface area contributed by atoms with E-state index < -0.39 is 0 Å².